The lowest BCUT2D eigenvalue weighted by Crippen LogP contribution is -2.07. The van der Waals surface area contributed by atoms with Crippen molar-refractivity contribution in [3.8, 4) is 0 Å². The molecule has 0 bridgehead atoms. The highest BCUT2D eigenvalue weighted by Gasteiger charge is 2.14. The van der Waals surface area contributed by atoms with Gasteiger partial charge in [-0.1, -0.05) is 65.7 Å². The van der Waals surface area contributed by atoms with Gasteiger partial charge in [-0.05, 0) is 36.8 Å². The Bertz CT molecular complexity index is 931. The fourth-order valence-corrected chi connectivity index (χ4v) is 2.74. The zero-order valence-corrected chi connectivity index (χ0v) is 15.0. The van der Waals surface area contributed by atoms with Crippen LogP contribution in [0.4, 0.5) is 0 Å². The highest BCUT2D eigenvalue weighted by Crippen LogP contribution is 2.21. The van der Waals surface area contributed by atoms with Crippen LogP contribution in [-0.4, -0.2) is 11.8 Å². The number of carbonyl (C=O) groups excluding carboxylic acids is 2. The Balaban J connectivity index is 1.70. The average molecular weight is 365 g/mol. The number of rotatable bonds is 5. The Morgan fingerprint density at radius 2 is 1.54 bits per heavy atom. The third kappa shape index (κ3) is 4.19. The fraction of sp³-hybridized carbons (Fsp3) is 0.0909. The Morgan fingerprint density at radius 1 is 0.885 bits per heavy atom. The summed E-state index contributed by atoms with van der Waals surface area (Å²) in [5, 5.41) is 0.409. The monoisotopic (exact) mass is 364 g/mol. The molecule has 0 amide bonds. The maximum absolute atomic E-state index is 12.6. The van der Waals surface area contributed by atoms with Crippen molar-refractivity contribution in [1.82, 2.24) is 0 Å². The van der Waals surface area contributed by atoms with Gasteiger partial charge in [0.15, 0.2) is 5.78 Å². The number of benzene rings is 3. The number of hydrogen-bond acceptors (Lipinski definition) is 3. The van der Waals surface area contributed by atoms with Crippen LogP contribution in [-0.2, 0) is 11.3 Å². The molecule has 0 aromatic heterocycles. The molecular formula is C22H17ClO3. The summed E-state index contributed by atoms with van der Waals surface area (Å²) in [6, 6.07) is 21.2. The first-order valence-corrected chi connectivity index (χ1v) is 8.54. The smallest absolute Gasteiger partial charge is 0.338 e. The molecular weight excluding hydrogens is 348 g/mol. The zero-order chi connectivity index (χ0) is 18.5. The van der Waals surface area contributed by atoms with Crippen LogP contribution in [0.5, 0.6) is 0 Å². The third-order valence-corrected chi connectivity index (χ3v) is 4.29. The highest BCUT2D eigenvalue weighted by atomic mass is 35.5. The first-order valence-electron chi connectivity index (χ1n) is 8.16. The first-order chi connectivity index (χ1) is 12.5. The molecule has 0 radical (unpaired) electrons. The van der Waals surface area contributed by atoms with E-state index in [2.05, 4.69) is 0 Å². The van der Waals surface area contributed by atoms with Gasteiger partial charge in [-0.2, -0.15) is 0 Å². The van der Waals surface area contributed by atoms with Crippen molar-refractivity contribution < 1.29 is 14.3 Å². The lowest BCUT2D eigenvalue weighted by Gasteiger charge is -2.07. The normalized spacial score (nSPS) is 10.4. The number of halogens is 1. The lowest BCUT2D eigenvalue weighted by molar-refractivity contribution is 0.0472. The minimum absolute atomic E-state index is 0.178. The Morgan fingerprint density at radius 3 is 2.23 bits per heavy atom. The summed E-state index contributed by atoms with van der Waals surface area (Å²) >= 11 is 6.13. The van der Waals surface area contributed by atoms with E-state index in [1.165, 1.54) is 0 Å². The topological polar surface area (TPSA) is 43.4 Å². The van der Waals surface area contributed by atoms with Crippen LogP contribution in [0, 0.1) is 6.92 Å². The molecule has 3 nitrogen and oxygen atoms in total. The summed E-state index contributed by atoms with van der Waals surface area (Å²) in [4.78, 5) is 24.8. The van der Waals surface area contributed by atoms with Crippen LogP contribution in [0.1, 0.15) is 37.4 Å². The highest BCUT2D eigenvalue weighted by molar-refractivity contribution is 6.35. The van der Waals surface area contributed by atoms with Crippen LogP contribution in [0.2, 0.25) is 5.02 Å². The van der Waals surface area contributed by atoms with Gasteiger partial charge >= 0.3 is 5.97 Å². The molecule has 0 aliphatic rings. The van der Waals surface area contributed by atoms with E-state index in [9.17, 15) is 9.59 Å². The fourth-order valence-electron chi connectivity index (χ4n) is 2.53. The minimum atomic E-state index is -0.429. The predicted molar refractivity (Wildman–Crippen MR) is 102 cm³/mol. The van der Waals surface area contributed by atoms with Crippen LogP contribution in [0.3, 0.4) is 0 Å². The zero-order valence-electron chi connectivity index (χ0n) is 14.2. The molecule has 130 valence electrons. The van der Waals surface area contributed by atoms with E-state index in [0.29, 0.717) is 21.7 Å². The van der Waals surface area contributed by atoms with Gasteiger partial charge in [0.25, 0.3) is 0 Å². The summed E-state index contributed by atoms with van der Waals surface area (Å²) in [5.74, 6) is -0.607. The molecule has 0 saturated carbocycles. The third-order valence-electron chi connectivity index (χ3n) is 3.96. The summed E-state index contributed by atoms with van der Waals surface area (Å²) in [6.07, 6.45) is 0. The van der Waals surface area contributed by atoms with E-state index < -0.39 is 5.97 Å². The van der Waals surface area contributed by atoms with E-state index >= 15 is 0 Å². The number of ketones is 1. The number of hydrogen-bond donors (Lipinski definition) is 0. The summed E-state index contributed by atoms with van der Waals surface area (Å²) in [5.41, 5.74) is 3.19. The predicted octanol–water partition coefficient (Wildman–Crippen LogP) is 5.24. The summed E-state index contributed by atoms with van der Waals surface area (Å²) in [7, 11) is 0. The van der Waals surface area contributed by atoms with Crippen molar-refractivity contribution >= 4 is 23.4 Å². The second kappa shape index (κ2) is 7.98. The van der Waals surface area contributed by atoms with E-state index in [1.807, 2.05) is 43.3 Å². The van der Waals surface area contributed by atoms with Gasteiger partial charge in [-0.25, -0.2) is 4.79 Å². The molecule has 3 aromatic carbocycles. The number of carbonyl (C=O) groups is 2. The number of ether oxygens (including phenoxy) is 1. The van der Waals surface area contributed by atoms with Crippen molar-refractivity contribution in [1.29, 1.82) is 0 Å². The van der Waals surface area contributed by atoms with Crippen molar-refractivity contribution in [2.45, 2.75) is 13.5 Å². The second-order valence-electron chi connectivity index (χ2n) is 5.95. The molecule has 0 spiro atoms. The van der Waals surface area contributed by atoms with Gasteiger partial charge in [0.05, 0.1) is 10.6 Å². The SMILES string of the molecule is Cc1ccc(Cl)c(C(=O)c2ccc(C(=O)OCc3ccccc3)cc2)c1. The molecule has 0 unspecified atom stereocenters. The summed E-state index contributed by atoms with van der Waals surface area (Å²) < 4.78 is 5.29. The van der Waals surface area contributed by atoms with Crippen molar-refractivity contribution in [2.75, 3.05) is 0 Å². The van der Waals surface area contributed by atoms with Crippen LogP contribution < -0.4 is 0 Å². The molecule has 0 saturated heterocycles. The van der Waals surface area contributed by atoms with Gasteiger partial charge in [-0.15, -0.1) is 0 Å². The molecule has 0 atom stereocenters. The Kier molecular flexibility index (Phi) is 5.49. The molecule has 4 heteroatoms. The van der Waals surface area contributed by atoms with E-state index in [-0.39, 0.29) is 12.4 Å². The molecule has 0 aliphatic carbocycles. The standard InChI is InChI=1S/C22H17ClO3/c1-15-7-12-20(23)19(13-15)21(24)17-8-10-18(11-9-17)22(25)26-14-16-5-3-2-4-6-16/h2-13H,14H2,1H3. The van der Waals surface area contributed by atoms with E-state index in [4.69, 9.17) is 16.3 Å². The maximum Gasteiger partial charge on any atom is 0.338 e. The van der Waals surface area contributed by atoms with E-state index in [0.717, 1.165) is 11.1 Å². The first kappa shape index (κ1) is 17.9. The summed E-state index contributed by atoms with van der Waals surface area (Å²) in [6.45, 7) is 2.11. The molecule has 0 N–H and O–H groups in total. The average Bonchev–Trinajstić information content (AvgIpc) is 2.68. The minimum Gasteiger partial charge on any atom is -0.457 e. The Labute approximate surface area is 157 Å². The van der Waals surface area contributed by atoms with Crippen molar-refractivity contribution in [3.05, 3.63) is 106 Å². The van der Waals surface area contributed by atoms with E-state index in [1.54, 1.807) is 36.4 Å². The molecule has 3 aromatic rings. The van der Waals surface area contributed by atoms with Crippen LogP contribution in [0.15, 0.2) is 72.8 Å². The van der Waals surface area contributed by atoms with Crippen LogP contribution >= 0.6 is 11.6 Å². The van der Waals surface area contributed by atoms with Gasteiger partial charge < -0.3 is 4.74 Å². The maximum atomic E-state index is 12.6. The molecule has 26 heavy (non-hydrogen) atoms. The van der Waals surface area contributed by atoms with Crippen LogP contribution in [0.25, 0.3) is 0 Å². The quantitative estimate of drug-likeness (QED) is 0.459. The largest absolute Gasteiger partial charge is 0.457 e. The van der Waals surface area contributed by atoms with Crippen molar-refractivity contribution in [2.24, 2.45) is 0 Å². The molecule has 0 fully saturated rings. The molecule has 0 aliphatic heterocycles. The second-order valence-corrected chi connectivity index (χ2v) is 6.36. The Hall–Kier alpha value is -2.91. The molecule has 3 rings (SSSR count). The lowest BCUT2D eigenvalue weighted by atomic mass is 10.0. The van der Waals surface area contributed by atoms with Gasteiger partial charge in [-0.3, -0.25) is 4.79 Å². The van der Waals surface area contributed by atoms with Gasteiger partial charge in [0.1, 0.15) is 6.61 Å². The number of aryl methyl sites for hydroxylation is 1. The van der Waals surface area contributed by atoms with Gasteiger partial charge in [0.2, 0.25) is 0 Å². The van der Waals surface area contributed by atoms with Gasteiger partial charge in [0, 0.05) is 11.1 Å². The molecule has 0 heterocycles. The number of esters is 1. The van der Waals surface area contributed by atoms with Crippen molar-refractivity contribution in [3.63, 3.8) is 0 Å².